The Kier molecular flexibility index (Phi) is 3.81. The summed E-state index contributed by atoms with van der Waals surface area (Å²) in [7, 11) is 0. The van der Waals surface area contributed by atoms with Crippen LogP contribution in [0.4, 0.5) is 5.69 Å². The topological polar surface area (TPSA) is 64.4 Å². The quantitative estimate of drug-likeness (QED) is 0.836. The maximum atomic E-state index is 12.6. The lowest BCUT2D eigenvalue weighted by molar-refractivity contribution is -0.117. The van der Waals surface area contributed by atoms with Crippen LogP contribution in [0.5, 0.6) is 0 Å². The van der Waals surface area contributed by atoms with Crippen molar-refractivity contribution < 1.29 is 9.59 Å². The van der Waals surface area contributed by atoms with Crippen molar-refractivity contribution in [2.24, 2.45) is 5.41 Å². The predicted molar refractivity (Wildman–Crippen MR) is 95.4 cm³/mol. The van der Waals surface area contributed by atoms with E-state index in [1.165, 1.54) is 11.3 Å². The maximum Gasteiger partial charge on any atom is 0.254 e. The summed E-state index contributed by atoms with van der Waals surface area (Å²) >= 11 is 1.52. The molecule has 0 N–H and O–H groups in total. The Hall–Kier alpha value is -2.65. The number of nitriles is 1. The number of hydrogen-bond donors (Lipinski definition) is 0. The van der Waals surface area contributed by atoms with Crippen molar-refractivity contribution >= 4 is 28.8 Å². The van der Waals surface area contributed by atoms with Gasteiger partial charge >= 0.3 is 0 Å². The van der Waals surface area contributed by atoms with Gasteiger partial charge in [-0.05, 0) is 42.1 Å². The van der Waals surface area contributed by atoms with E-state index in [1.54, 1.807) is 17.0 Å². The van der Waals surface area contributed by atoms with E-state index < -0.39 is 0 Å². The van der Waals surface area contributed by atoms with Crippen molar-refractivity contribution in [2.75, 3.05) is 24.5 Å². The second-order valence-corrected chi connectivity index (χ2v) is 7.58. The third-order valence-electron chi connectivity index (χ3n) is 5.12. The van der Waals surface area contributed by atoms with Crippen molar-refractivity contribution in [2.45, 2.75) is 12.8 Å². The Morgan fingerprint density at radius 1 is 1.20 bits per heavy atom. The molecule has 2 aliphatic heterocycles. The summed E-state index contributed by atoms with van der Waals surface area (Å²) in [6, 6.07) is 11.0. The first-order chi connectivity index (χ1) is 12.1. The van der Waals surface area contributed by atoms with Crippen molar-refractivity contribution in [1.82, 2.24) is 4.90 Å². The first kappa shape index (κ1) is 15.9. The molecule has 2 saturated heterocycles. The summed E-state index contributed by atoms with van der Waals surface area (Å²) in [5.74, 6) is 0.150. The normalized spacial score (nSPS) is 22.6. The van der Waals surface area contributed by atoms with Gasteiger partial charge in [-0.15, -0.1) is 0 Å². The number of amides is 2. The minimum Gasteiger partial charge on any atom is -0.338 e. The number of likely N-dealkylation sites (tertiary alicyclic amines) is 1. The number of rotatable bonds is 2. The van der Waals surface area contributed by atoms with E-state index in [4.69, 9.17) is 5.26 Å². The van der Waals surface area contributed by atoms with E-state index in [0.717, 1.165) is 17.7 Å². The third kappa shape index (κ3) is 2.81. The summed E-state index contributed by atoms with van der Waals surface area (Å²) in [6.07, 6.45) is 1.32. The number of anilines is 1. The SMILES string of the molecule is N#Cc1ccc(N2C[C@@]3(CCN(C(=O)c4ccsc4)C3)CC2=O)cc1. The molecule has 0 saturated carbocycles. The largest absolute Gasteiger partial charge is 0.338 e. The lowest BCUT2D eigenvalue weighted by Gasteiger charge is -2.24. The van der Waals surface area contributed by atoms with Crippen molar-refractivity contribution in [1.29, 1.82) is 5.26 Å². The summed E-state index contributed by atoms with van der Waals surface area (Å²) in [5, 5.41) is 12.7. The molecule has 126 valence electrons. The lowest BCUT2D eigenvalue weighted by atomic mass is 9.86. The highest BCUT2D eigenvalue weighted by Gasteiger charge is 2.48. The number of carbonyl (C=O) groups is 2. The predicted octanol–water partition coefficient (Wildman–Crippen LogP) is 2.89. The molecule has 1 aromatic carbocycles. The van der Waals surface area contributed by atoms with Crippen molar-refractivity contribution in [3.8, 4) is 6.07 Å². The fourth-order valence-corrected chi connectivity index (χ4v) is 4.43. The first-order valence-electron chi connectivity index (χ1n) is 8.22. The highest BCUT2D eigenvalue weighted by Crippen LogP contribution is 2.42. The first-order valence-corrected chi connectivity index (χ1v) is 9.17. The molecule has 0 bridgehead atoms. The molecule has 1 spiro atoms. The summed E-state index contributed by atoms with van der Waals surface area (Å²) < 4.78 is 0. The van der Waals surface area contributed by atoms with Crippen LogP contribution in [0.2, 0.25) is 0 Å². The second kappa shape index (κ2) is 6.01. The van der Waals surface area contributed by atoms with Gasteiger partial charge in [0.1, 0.15) is 0 Å². The fraction of sp³-hybridized carbons (Fsp3) is 0.316. The van der Waals surface area contributed by atoms with Gasteiger partial charge in [0.05, 0.1) is 17.2 Å². The molecule has 2 amide bonds. The molecule has 0 aliphatic carbocycles. The summed E-state index contributed by atoms with van der Waals surface area (Å²) in [6.45, 7) is 1.95. The van der Waals surface area contributed by atoms with E-state index in [1.807, 2.05) is 33.9 Å². The molecular weight excluding hydrogens is 334 g/mol. The number of nitrogens with zero attached hydrogens (tertiary/aromatic N) is 3. The van der Waals surface area contributed by atoms with E-state index in [2.05, 4.69) is 6.07 Å². The molecule has 4 rings (SSSR count). The number of benzene rings is 1. The monoisotopic (exact) mass is 351 g/mol. The van der Waals surface area contributed by atoms with Crippen LogP contribution in [0.3, 0.4) is 0 Å². The van der Waals surface area contributed by atoms with Crippen molar-refractivity contribution in [3.63, 3.8) is 0 Å². The Morgan fingerprint density at radius 2 is 2.00 bits per heavy atom. The van der Waals surface area contributed by atoms with E-state index in [9.17, 15) is 9.59 Å². The average molecular weight is 351 g/mol. The highest BCUT2D eigenvalue weighted by molar-refractivity contribution is 7.08. The summed E-state index contributed by atoms with van der Waals surface area (Å²) in [4.78, 5) is 28.8. The van der Waals surface area contributed by atoms with Gasteiger partial charge in [0.2, 0.25) is 5.91 Å². The Labute approximate surface area is 150 Å². The molecule has 6 heteroatoms. The Balaban J connectivity index is 1.50. The maximum absolute atomic E-state index is 12.6. The summed E-state index contributed by atoms with van der Waals surface area (Å²) in [5.41, 5.74) is 1.98. The zero-order chi connectivity index (χ0) is 17.4. The Morgan fingerprint density at radius 3 is 2.68 bits per heavy atom. The van der Waals surface area contributed by atoms with Crippen LogP contribution < -0.4 is 4.90 Å². The fourth-order valence-electron chi connectivity index (χ4n) is 3.80. The van der Waals surface area contributed by atoms with Crippen LogP contribution >= 0.6 is 11.3 Å². The van der Waals surface area contributed by atoms with Gasteiger partial charge in [0, 0.05) is 42.5 Å². The highest BCUT2D eigenvalue weighted by atomic mass is 32.1. The van der Waals surface area contributed by atoms with Crippen LogP contribution in [-0.2, 0) is 4.79 Å². The van der Waals surface area contributed by atoms with Crippen LogP contribution in [0.15, 0.2) is 41.1 Å². The standard InChI is InChI=1S/C19H17N3O2S/c20-10-14-1-3-16(4-2-14)22-13-19(9-17(22)23)6-7-21(12-19)18(24)15-5-8-25-11-15/h1-5,8,11H,6-7,9,12-13H2/t19-/m0/s1. The van der Waals surface area contributed by atoms with Crippen LogP contribution in [-0.4, -0.2) is 36.3 Å². The molecule has 1 aromatic heterocycles. The molecule has 1 atom stereocenters. The van der Waals surface area contributed by atoms with Gasteiger partial charge in [-0.1, -0.05) is 0 Å². The molecular formula is C19H17N3O2S. The molecule has 2 fully saturated rings. The van der Waals surface area contributed by atoms with Gasteiger partial charge < -0.3 is 9.80 Å². The van der Waals surface area contributed by atoms with Crippen LogP contribution in [0, 0.1) is 16.7 Å². The molecule has 25 heavy (non-hydrogen) atoms. The van der Waals surface area contributed by atoms with E-state index in [-0.39, 0.29) is 17.2 Å². The Bertz CT molecular complexity index is 854. The van der Waals surface area contributed by atoms with E-state index >= 15 is 0 Å². The van der Waals surface area contributed by atoms with E-state index in [0.29, 0.717) is 31.6 Å². The lowest BCUT2D eigenvalue weighted by Crippen LogP contribution is -2.34. The smallest absolute Gasteiger partial charge is 0.254 e. The molecule has 0 radical (unpaired) electrons. The number of hydrogen-bond acceptors (Lipinski definition) is 4. The zero-order valence-electron chi connectivity index (χ0n) is 13.6. The molecule has 5 nitrogen and oxygen atoms in total. The zero-order valence-corrected chi connectivity index (χ0v) is 14.5. The molecule has 3 heterocycles. The van der Waals surface area contributed by atoms with Gasteiger partial charge in [-0.25, -0.2) is 0 Å². The molecule has 2 aromatic rings. The number of carbonyl (C=O) groups excluding carboxylic acids is 2. The minimum atomic E-state index is -0.156. The minimum absolute atomic E-state index is 0.0578. The number of thiophene rings is 1. The van der Waals surface area contributed by atoms with Crippen LogP contribution in [0.1, 0.15) is 28.8 Å². The average Bonchev–Trinajstić information content (AvgIpc) is 3.36. The molecule has 0 unspecified atom stereocenters. The van der Waals surface area contributed by atoms with Gasteiger partial charge in [-0.3, -0.25) is 9.59 Å². The third-order valence-corrected chi connectivity index (χ3v) is 5.81. The second-order valence-electron chi connectivity index (χ2n) is 6.80. The van der Waals surface area contributed by atoms with Crippen molar-refractivity contribution in [3.05, 3.63) is 52.2 Å². The van der Waals surface area contributed by atoms with Gasteiger partial charge in [0.25, 0.3) is 5.91 Å². The van der Waals surface area contributed by atoms with Gasteiger partial charge in [-0.2, -0.15) is 16.6 Å². The van der Waals surface area contributed by atoms with Crippen LogP contribution in [0.25, 0.3) is 0 Å². The van der Waals surface area contributed by atoms with Gasteiger partial charge in [0.15, 0.2) is 0 Å². The molecule has 2 aliphatic rings.